The number of hydrogen-bond donors (Lipinski definition) is 1. The number of thiophene rings is 1. The smallest absolute Gasteiger partial charge is 0.263 e. The number of amides is 1. The Kier molecular flexibility index (Phi) is 7.59. The third-order valence-corrected chi connectivity index (χ3v) is 9.85. The Balaban J connectivity index is 1.56. The molecule has 2 atom stereocenters. The van der Waals surface area contributed by atoms with Crippen LogP contribution in [0.15, 0.2) is 27.7 Å². The van der Waals surface area contributed by atoms with Crippen molar-refractivity contribution < 1.29 is 13.2 Å². The Bertz CT molecular complexity index is 1250. The molecule has 8 nitrogen and oxygen atoms in total. The highest BCUT2D eigenvalue weighted by molar-refractivity contribution is 7.89. The molecule has 1 N–H and O–H groups in total. The molecule has 34 heavy (non-hydrogen) atoms. The molecule has 2 aromatic heterocycles. The molecule has 1 aliphatic heterocycles. The molecule has 1 aliphatic carbocycles. The van der Waals surface area contributed by atoms with Crippen LogP contribution >= 0.6 is 11.3 Å². The molecule has 186 valence electrons. The van der Waals surface area contributed by atoms with E-state index in [0.717, 1.165) is 25.7 Å². The second-order valence-corrected chi connectivity index (χ2v) is 12.9. The Morgan fingerprint density at radius 3 is 2.65 bits per heavy atom. The number of sulfonamides is 1. The molecule has 1 saturated heterocycles. The third kappa shape index (κ3) is 5.28. The van der Waals surface area contributed by atoms with Gasteiger partial charge in [-0.15, -0.1) is 11.3 Å². The number of nitrogens with zero attached hydrogens (tertiary/aromatic N) is 3. The molecule has 2 aliphatic rings. The fraction of sp³-hybridized carbons (Fsp3) is 0.625. The average molecular weight is 507 g/mol. The van der Waals surface area contributed by atoms with Gasteiger partial charge in [-0.3, -0.25) is 14.2 Å². The summed E-state index contributed by atoms with van der Waals surface area (Å²) in [5.74, 6) is 0.230. The quantitative estimate of drug-likeness (QED) is 0.580. The molecule has 4 rings (SSSR count). The van der Waals surface area contributed by atoms with Crippen molar-refractivity contribution in [3.05, 3.63) is 33.2 Å². The normalized spacial score (nSPS) is 22.0. The number of piperidine rings is 1. The van der Waals surface area contributed by atoms with E-state index in [4.69, 9.17) is 0 Å². The Hall–Kier alpha value is -2.04. The van der Waals surface area contributed by atoms with Gasteiger partial charge in [0.15, 0.2) is 0 Å². The third-order valence-electron chi connectivity index (χ3n) is 6.70. The maximum absolute atomic E-state index is 13.6. The summed E-state index contributed by atoms with van der Waals surface area (Å²) in [6.07, 6.45) is 10.00. The van der Waals surface area contributed by atoms with Crippen LogP contribution in [0.2, 0.25) is 0 Å². The Morgan fingerprint density at radius 2 is 1.97 bits per heavy atom. The van der Waals surface area contributed by atoms with Gasteiger partial charge in [0.25, 0.3) is 5.56 Å². The topological polar surface area (TPSA) is 101 Å². The van der Waals surface area contributed by atoms with Crippen LogP contribution in [0.25, 0.3) is 10.2 Å². The number of fused-ring (bicyclic) bond motifs is 1. The molecule has 0 bridgehead atoms. The van der Waals surface area contributed by atoms with Crippen LogP contribution in [0.4, 0.5) is 0 Å². The summed E-state index contributed by atoms with van der Waals surface area (Å²) in [5.41, 5.74) is 0.882. The van der Waals surface area contributed by atoms with E-state index in [1.165, 1.54) is 45.0 Å². The molecule has 0 unspecified atom stereocenters. The van der Waals surface area contributed by atoms with Crippen molar-refractivity contribution in [3.63, 3.8) is 0 Å². The lowest BCUT2D eigenvalue weighted by atomic mass is 9.94. The summed E-state index contributed by atoms with van der Waals surface area (Å²) < 4.78 is 30.0. The summed E-state index contributed by atoms with van der Waals surface area (Å²) in [6.45, 7) is 7.04. The van der Waals surface area contributed by atoms with Gasteiger partial charge in [0.05, 0.1) is 11.7 Å². The van der Waals surface area contributed by atoms with Crippen LogP contribution in [0.5, 0.6) is 0 Å². The first kappa shape index (κ1) is 25.1. The van der Waals surface area contributed by atoms with Crippen LogP contribution in [-0.2, 0) is 21.4 Å². The molecule has 0 aromatic carbocycles. The van der Waals surface area contributed by atoms with Crippen LogP contribution in [0, 0.1) is 18.8 Å². The van der Waals surface area contributed by atoms with Gasteiger partial charge in [0.1, 0.15) is 16.3 Å². The van der Waals surface area contributed by atoms with Crippen LogP contribution < -0.4 is 10.9 Å². The van der Waals surface area contributed by atoms with Crippen LogP contribution in [-0.4, -0.2) is 47.8 Å². The van der Waals surface area contributed by atoms with Gasteiger partial charge in [-0.1, -0.05) is 25.5 Å². The number of carbonyl (C=O) groups excluding carboxylic acids is 1. The molecule has 10 heteroatoms. The predicted octanol–water partition coefficient (Wildman–Crippen LogP) is 3.44. The summed E-state index contributed by atoms with van der Waals surface area (Å²) in [5, 5.41) is 2.97. The number of hydrogen-bond acceptors (Lipinski definition) is 6. The maximum Gasteiger partial charge on any atom is 0.263 e. The number of aryl methyl sites for hydroxylation is 1. The van der Waals surface area contributed by atoms with Gasteiger partial charge < -0.3 is 5.32 Å². The molecule has 0 radical (unpaired) electrons. The molecule has 0 saturated carbocycles. The van der Waals surface area contributed by atoms with Crippen molar-refractivity contribution in [1.29, 1.82) is 0 Å². The van der Waals surface area contributed by atoms with E-state index in [-0.39, 0.29) is 34.6 Å². The van der Waals surface area contributed by atoms with E-state index >= 15 is 0 Å². The summed E-state index contributed by atoms with van der Waals surface area (Å²) >= 11 is 1.21. The summed E-state index contributed by atoms with van der Waals surface area (Å²) in [6, 6.07) is 0. The minimum absolute atomic E-state index is 0.0466. The summed E-state index contributed by atoms with van der Waals surface area (Å²) in [7, 11) is -3.85. The average Bonchev–Trinajstić information content (AvgIpc) is 3.13. The van der Waals surface area contributed by atoms with Gasteiger partial charge in [-0.25, -0.2) is 13.4 Å². The molecule has 1 amide bonds. The minimum Gasteiger partial charge on any atom is -0.354 e. The molecular weight excluding hydrogens is 472 g/mol. The van der Waals surface area contributed by atoms with Crippen molar-refractivity contribution in [3.8, 4) is 0 Å². The lowest BCUT2D eigenvalue weighted by Gasteiger charge is -2.34. The molecular formula is C24H34N4O4S2. The lowest BCUT2D eigenvalue weighted by Crippen LogP contribution is -2.43. The summed E-state index contributed by atoms with van der Waals surface area (Å²) in [4.78, 5) is 31.2. The maximum atomic E-state index is 13.6. The number of allylic oxidation sites excluding steroid dienone is 1. The van der Waals surface area contributed by atoms with Gasteiger partial charge in [0.2, 0.25) is 15.9 Å². The van der Waals surface area contributed by atoms with E-state index in [1.807, 2.05) is 0 Å². The molecule has 0 spiro atoms. The molecule has 3 heterocycles. The minimum atomic E-state index is -3.85. The predicted molar refractivity (Wildman–Crippen MR) is 134 cm³/mol. The van der Waals surface area contributed by atoms with Gasteiger partial charge in [-0.05, 0) is 57.3 Å². The second-order valence-electron chi connectivity index (χ2n) is 9.82. The van der Waals surface area contributed by atoms with Crippen LogP contribution in [0.3, 0.4) is 0 Å². The van der Waals surface area contributed by atoms with Gasteiger partial charge in [0, 0.05) is 24.5 Å². The van der Waals surface area contributed by atoms with E-state index in [0.29, 0.717) is 29.3 Å². The first-order chi connectivity index (χ1) is 16.2. The van der Waals surface area contributed by atoms with Gasteiger partial charge in [-0.2, -0.15) is 4.31 Å². The van der Waals surface area contributed by atoms with E-state index in [1.54, 1.807) is 6.92 Å². The van der Waals surface area contributed by atoms with Crippen molar-refractivity contribution in [2.45, 2.75) is 70.7 Å². The number of nitrogens with one attached hydrogen (secondary N) is 1. The number of carbonyl (C=O) groups is 1. The SMILES string of the molecule is Cc1sc2ncn(CC(=O)NCCC3=CCCCC3)c(=O)c2c1S(=O)(=O)N1C[C@@H](C)C[C@H](C)C1. The highest BCUT2D eigenvalue weighted by Gasteiger charge is 2.35. The van der Waals surface area contributed by atoms with E-state index < -0.39 is 15.6 Å². The monoisotopic (exact) mass is 506 g/mol. The standard InChI is InChI=1S/C24H34N4O4S2/c1-16-11-17(2)13-28(12-16)34(31,32)22-18(3)33-23-21(22)24(30)27(15-26-23)14-20(29)25-10-9-19-7-5-4-6-8-19/h7,15-17H,4-6,8-14H2,1-3H3,(H,25,29)/t16-,17-/m0/s1. The highest BCUT2D eigenvalue weighted by Crippen LogP contribution is 2.35. The molecule has 2 aromatic rings. The fourth-order valence-electron chi connectivity index (χ4n) is 5.17. The first-order valence-corrected chi connectivity index (χ1v) is 14.4. The second kappa shape index (κ2) is 10.3. The Labute approximate surface area is 205 Å². The largest absolute Gasteiger partial charge is 0.354 e. The van der Waals surface area contributed by atoms with Crippen molar-refractivity contribution in [2.75, 3.05) is 19.6 Å². The van der Waals surface area contributed by atoms with E-state index in [9.17, 15) is 18.0 Å². The van der Waals surface area contributed by atoms with Crippen LogP contribution in [0.1, 0.15) is 57.2 Å². The number of rotatable bonds is 7. The van der Waals surface area contributed by atoms with Crippen molar-refractivity contribution >= 4 is 37.5 Å². The zero-order valence-electron chi connectivity index (χ0n) is 20.2. The van der Waals surface area contributed by atoms with Gasteiger partial charge >= 0.3 is 0 Å². The first-order valence-electron chi connectivity index (χ1n) is 12.1. The van der Waals surface area contributed by atoms with Crippen molar-refractivity contribution in [1.82, 2.24) is 19.2 Å². The Morgan fingerprint density at radius 1 is 1.24 bits per heavy atom. The number of aromatic nitrogens is 2. The zero-order chi connectivity index (χ0) is 24.5. The lowest BCUT2D eigenvalue weighted by molar-refractivity contribution is -0.121. The van der Waals surface area contributed by atoms with Crippen molar-refractivity contribution in [2.24, 2.45) is 11.8 Å². The fourth-order valence-corrected chi connectivity index (χ4v) is 8.52. The molecule has 1 fully saturated rings. The highest BCUT2D eigenvalue weighted by atomic mass is 32.2. The van der Waals surface area contributed by atoms with E-state index in [2.05, 4.69) is 30.2 Å². The zero-order valence-corrected chi connectivity index (χ0v) is 21.8.